The van der Waals surface area contributed by atoms with Gasteiger partial charge in [-0.05, 0) is 38.3 Å². The van der Waals surface area contributed by atoms with Crippen molar-refractivity contribution < 1.29 is 4.79 Å². The summed E-state index contributed by atoms with van der Waals surface area (Å²) in [6.07, 6.45) is 3.99. The van der Waals surface area contributed by atoms with E-state index in [0.29, 0.717) is 12.5 Å². The molecule has 0 aromatic heterocycles. The lowest BCUT2D eigenvalue weighted by Gasteiger charge is -2.35. The van der Waals surface area contributed by atoms with E-state index in [1.807, 2.05) is 0 Å². The Morgan fingerprint density at radius 1 is 0.950 bits per heavy atom. The van der Waals surface area contributed by atoms with Gasteiger partial charge in [-0.1, -0.05) is 0 Å². The first-order valence-electron chi connectivity index (χ1n) is 8.24. The number of nitrogens with zero attached hydrogens (tertiary/aromatic N) is 3. The smallest absolute Gasteiger partial charge is 0.236 e. The number of hydrogen-bond acceptors (Lipinski definition) is 4. The maximum Gasteiger partial charge on any atom is 0.236 e. The van der Waals surface area contributed by atoms with E-state index in [-0.39, 0.29) is 0 Å². The van der Waals surface area contributed by atoms with E-state index in [4.69, 9.17) is 0 Å². The van der Waals surface area contributed by atoms with E-state index in [0.717, 1.165) is 64.7 Å². The third-order valence-electron chi connectivity index (χ3n) is 4.73. The van der Waals surface area contributed by atoms with Gasteiger partial charge >= 0.3 is 0 Å². The van der Waals surface area contributed by atoms with Crippen molar-refractivity contribution in [2.24, 2.45) is 5.92 Å². The highest BCUT2D eigenvalue weighted by molar-refractivity contribution is 5.78. The molecule has 1 aliphatic carbocycles. The molecule has 1 N–H and O–H groups in total. The number of carbonyl (C=O) groups excluding carboxylic acids is 1. The Hall–Kier alpha value is -0.650. The van der Waals surface area contributed by atoms with Gasteiger partial charge < -0.3 is 10.2 Å². The van der Waals surface area contributed by atoms with E-state index in [1.165, 1.54) is 19.4 Å². The molecule has 5 heteroatoms. The first kappa shape index (κ1) is 14.3. The van der Waals surface area contributed by atoms with E-state index >= 15 is 0 Å². The second-order valence-electron chi connectivity index (χ2n) is 6.50. The van der Waals surface area contributed by atoms with Crippen LogP contribution in [0.3, 0.4) is 0 Å². The molecular weight excluding hydrogens is 252 g/mol. The minimum absolute atomic E-state index is 0.331. The summed E-state index contributed by atoms with van der Waals surface area (Å²) < 4.78 is 0. The molecule has 0 unspecified atom stereocenters. The molecule has 2 aliphatic heterocycles. The average molecular weight is 280 g/mol. The van der Waals surface area contributed by atoms with Gasteiger partial charge in [-0.3, -0.25) is 14.6 Å². The van der Waals surface area contributed by atoms with Gasteiger partial charge in [0, 0.05) is 45.8 Å². The predicted octanol–water partition coefficient (Wildman–Crippen LogP) is -0.164. The van der Waals surface area contributed by atoms with Crippen molar-refractivity contribution in [1.29, 1.82) is 0 Å². The van der Waals surface area contributed by atoms with Crippen LogP contribution in [0.5, 0.6) is 0 Å². The van der Waals surface area contributed by atoms with Gasteiger partial charge in [0.25, 0.3) is 0 Å². The van der Waals surface area contributed by atoms with Crippen molar-refractivity contribution >= 4 is 5.91 Å². The van der Waals surface area contributed by atoms with E-state index in [2.05, 4.69) is 20.0 Å². The molecule has 3 fully saturated rings. The van der Waals surface area contributed by atoms with Crippen LogP contribution in [0.2, 0.25) is 0 Å². The molecule has 3 rings (SSSR count). The standard InChI is InChI=1S/C15H28N4O/c20-15(13-17-6-1-4-16-5-7-17)19-10-8-18(9-11-19)12-14-2-3-14/h14,16H,1-13H2. The zero-order chi connectivity index (χ0) is 13.8. The van der Waals surface area contributed by atoms with Crippen molar-refractivity contribution in [3.8, 4) is 0 Å². The molecule has 0 bridgehead atoms. The second-order valence-corrected chi connectivity index (χ2v) is 6.50. The van der Waals surface area contributed by atoms with Gasteiger partial charge in [-0.25, -0.2) is 0 Å². The maximum absolute atomic E-state index is 12.4. The minimum atomic E-state index is 0.331. The molecule has 114 valence electrons. The molecule has 3 aliphatic rings. The van der Waals surface area contributed by atoms with Gasteiger partial charge in [-0.15, -0.1) is 0 Å². The van der Waals surface area contributed by atoms with Crippen molar-refractivity contribution in [2.75, 3.05) is 65.4 Å². The molecule has 2 heterocycles. The lowest BCUT2D eigenvalue weighted by molar-refractivity contribution is -0.134. The van der Waals surface area contributed by atoms with Gasteiger partial charge in [0.1, 0.15) is 0 Å². The Kier molecular flexibility index (Phi) is 4.91. The second kappa shape index (κ2) is 6.87. The normalized spacial score (nSPS) is 26.5. The van der Waals surface area contributed by atoms with Gasteiger partial charge in [-0.2, -0.15) is 0 Å². The zero-order valence-corrected chi connectivity index (χ0v) is 12.5. The monoisotopic (exact) mass is 280 g/mol. The summed E-state index contributed by atoms with van der Waals surface area (Å²) in [5.41, 5.74) is 0. The fourth-order valence-corrected chi connectivity index (χ4v) is 3.20. The Bertz CT molecular complexity index is 316. The molecule has 0 aromatic rings. The molecular formula is C15H28N4O. The molecule has 20 heavy (non-hydrogen) atoms. The fourth-order valence-electron chi connectivity index (χ4n) is 3.20. The molecule has 2 saturated heterocycles. The number of carbonyl (C=O) groups is 1. The predicted molar refractivity (Wildman–Crippen MR) is 79.7 cm³/mol. The van der Waals surface area contributed by atoms with Crippen molar-refractivity contribution in [3.63, 3.8) is 0 Å². The molecule has 0 atom stereocenters. The average Bonchev–Trinajstić information content (AvgIpc) is 3.27. The number of hydrogen-bond donors (Lipinski definition) is 1. The molecule has 1 amide bonds. The van der Waals surface area contributed by atoms with Crippen LogP contribution in [0.4, 0.5) is 0 Å². The number of amides is 1. The molecule has 0 spiro atoms. The lowest BCUT2D eigenvalue weighted by atomic mass is 10.2. The van der Waals surface area contributed by atoms with Crippen LogP contribution < -0.4 is 5.32 Å². The Labute approximate surface area is 122 Å². The molecule has 1 saturated carbocycles. The largest absolute Gasteiger partial charge is 0.339 e. The summed E-state index contributed by atoms with van der Waals surface area (Å²) in [6, 6.07) is 0. The molecule has 0 radical (unpaired) electrons. The van der Waals surface area contributed by atoms with Crippen LogP contribution in [0.1, 0.15) is 19.3 Å². The van der Waals surface area contributed by atoms with E-state index in [1.54, 1.807) is 0 Å². The summed E-state index contributed by atoms with van der Waals surface area (Å²) in [5.74, 6) is 1.29. The first-order chi connectivity index (χ1) is 9.81. The Balaban J connectivity index is 1.38. The van der Waals surface area contributed by atoms with Crippen LogP contribution in [0, 0.1) is 5.92 Å². The lowest BCUT2D eigenvalue weighted by Crippen LogP contribution is -2.51. The Morgan fingerprint density at radius 3 is 2.50 bits per heavy atom. The summed E-state index contributed by atoms with van der Waals surface area (Å²) >= 11 is 0. The van der Waals surface area contributed by atoms with Gasteiger partial charge in [0.15, 0.2) is 0 Å². The highest BCUT2D eigenvalue weighted by Crippen LogP contribution is 2.29. The van der Waals surface area contributed by atoms with Crippen molar-refractivity contribution in [2.45, 2.75) is 19.3 Å². The highest BCUT2D eigenvalue weighted by Gasteiger charge is 2.28. The van der Waals surface area contributed by atoms with Crippen molar-refractivity contribution in [1.82, 2.24) is 20.0 Å². The third-order valence-corrected chi connectivity index (χ3v) is 4.73. The molecule has 5 nitrogen and oxygen atoms in total. The molecule has 0 aromatic carbocycles. The summed E-state index contributed by atoms with van der Waals surface area (Å²) in [4.78, 5) is 19.3. The van der Waals surface area contributed by atoms with Gasteiger partial charge in [0.05, 0.1) is 6.54 Å². The van der Waals surface area contributed by atoms with E-state index in [9.17, 15) is 4.79 Å². The van der Waals surface area contributed by atoms with Crippen molar-refractivity contribution in [3.05, 3.63) is 0 Å². The van der Waals surface area contributed by atoms with Gasteiger partial charge in [0.2, 0.25) is 5.91 Å². The number of rotatable bonds is 4. The quantitative estimate of drug-likeness (QED) is 0.776. The fraction of sp³-hybridized carbons (Fsp3) is 0.933. The summed E-state index contributed by atoms with van der Waals surface area (Å²) in [6.45, 7) is 10.0. The number of nitrogens with one attached hydrogen (secondary N) is 1. The number of piperazine rings is 1. The summed E-state index contributed by atoms with van der Waals surface area (Å²) in [7, 11) is 0. The minimum Gasteiger partial charge on any atom is -0.339 e. The zero-order valence-electron chi connectivity index (χ0n) is 12.5. The maximum atomic E-state index is 12.4. The summed E-state index contributed by atoms with van der Waals surface area (Å²) in [5, 5.41) is 3.39. The highest BCUT2D eigenvalue weighted by atomic mass is 16.2. The van der Waals surface area contributed by atoms with Crippen LogP contribution in [0.15, 0.2) is 0 Å². The Morgan fingerprint density at radius 2 is 1.75 bits per heavy atom. The van der Waals surface area contributed by atoms with E-state index < -0.39 is 0 Å². The first-order valence-corrected chi connectivity index (χ1v) is 8.24. The van der Waals surface area contributed by atoms with Crippen LogP contribution >= 0.6 is 0 Å². The SMILES string of the molecule is O=C(CN1CCCNCC1)N1CCN(CC2CC2)CC1. The topological polar surface area (TPSA) is 38.8 Å². The van der Waals surface area contributed by atoms with Crippen LogP contribution in [-0.4, -0.2) is 86.1 Å². The van der Waals surface area contributed by atoms with Crippen LogP contribution in [-0.2, 0) is 4.79 Å². The third kappa shape index (κ3) is 4.17. The van der Waals surface area contributed by atoms with Crippen LogP contribution in [0.25, 0.3) is 0 Å².